The van der Waals surface area contributed by atoms with Gasteiger partial charge in [-0.1, -0.05) is 121 Å². The maximum Gasteiger partial charge on any atom is 0.329 e. The van der Waals surface area contributed by atoms with Crippen LogP contribution >= 0.6 is 11.8 Å². The molecule has 0 saturated heterocycles. The van der Waals surface area contributed by atoms with E-state index in [4.69, 9.17) is 4.74 Å². The zero-order valence-corrected chi connectivity index (χ0v) is 21.7. The van der Waals surface area contributed by atoms with Gasteiger partial charge in [-0.15, -0.1) is 11.8 Å². The number of aryl methyl sites for hydroxylation is 1. The molecule has 4 aromatic rings. The van der Waals surface area contributed by atoms with E-state index >= 15 is 0 Å². The molecule has 0 aliphatic heterocycles. The van der Waals surface area contributed by atoms with E-state index in [1.807, 2.05) is 84.9 Å². The van der Waals surface area contributed by atoms with Gasteiger partial charge in [-0.05, 0) is 28.7 Å². The molecule has 1 N–H and O–H groups in total. The fraction of sp³-hybridized carbons (Fsp3) is 0.188. The Kier molecular flexibility index (Phi) is 9.17. The van der Waals surface area contributed by atoms with E-state index in [1.165, 1.54) is 7.11 Å². The summed E-state index contributed by atoms with van der Waals surface area (Å²) < 4.78 is 4.50. The lowest BCUT2D eigenvalue weighted by molar-refractivity contribution is -0.144. The smallest absolute Gasteiger partial charge is 0.329 e. The van der Waals surface area contributed by atoms with Crippen LogP contribution in [0.15, 0.2) is 121 Å². The third-order valence-electron chi connectivity index (χ3n) is 6.31. The van der Waals surface area contributed by atoms with E-state index in [9.17, 15) is 9.59 Å². The third kappa shape index (κ3) is 6.49. The minimum Gasteiger partial charge on any atom is -0.467 e. The van der Waals surface area contributed by atoms with Gasteiger partial charge in [0.1, 0.15) is 6.04 Å². The molecule has 0 bridgehead atoms. The molecule has 0 aliphatic carbocycles. The molecule has 37 heavy (non-hydrogen) atoms. The first-order valence-corrected chi connectivity index (χ1v) is 13.3. The molecular formula is C32H31NO3S. The number of rotatable bonds is 11. The molecule has 188 valence electrons. The van der Waals surface area contributed by atoms with Crippen molar-refractivity contribution in [1.82, 2.24) is 5.32 Å². The van der Waals surface area contributed by atoms with Crippen LogP contribution in [0.1, 0.15) is 28.7 Å². The quantitative estimate of drug-likeness (QED) is 0.199. The van der Waals surface area contributed by atoms with Crippen molar-refractivity contribution in [3.05, 3.63) is 144 Å². The summed E-state index contributed by atoms with van der Waals surface area (Å²) in [6.45, 7) is 0. The number of hydrogen-bond acceptors (Lipinski definition) is 4. The van der Waals surface area contributed by atoms with Crippen LogP contribution < -0.4 is 5.32 Å². The zero-order chi connectivity index (χ0) is 25.9. The molecule has 0 aliphatic rings. The summed E-state index contributed by atoms with van der Waals surface area (Å²) in [5.41, 5.74) is 4.36. The minimum atomic E-state index is -0.784. The lowest BCUT2D eigenvalue weighted by Gasteiger charge is -2.36. The Hall–Kier alpha value is -3.83. The predicted octanol–water partition coefficient (Wildman–Crippen LogP) is 6.00. The van der Waals surface area contributed by atoms with E-state index < -0.39 is 16.8 Å². The molecule has 1 amide bonds. The number of carbonyl (C=O) groups excluding carboxylic acids is 2. The summed E-state index contributed by atoms with van der Waals surface area (Å²) >= 11 is 1.62. The highest BCUT2D eigenvalue weighted by Gasteiger charge is 2.38. The zero-order valence-electron chi connectivity index (χ0n) is 20.9. The Morgan fingerprint density at radius 3 is 1.59 bits per heavy atom. The molecule has 1 atom stereocenters. The predicted molar refractivity (Wildman–Crippen MR) is 150 cm³/mol. The molecule has 0 fully saturated rings. The number of ether oxygens (including phenoxy) is 1. The van der Waals surface area contributed by atoms with E-state index in [1.54, 1.807) is 11.8 Å². The summed E-state index contributed by atoms with van der Waals surface area (Å²) in [6, 6.07) is 39.9. The van der Waals surface area contributed by atoms with Crippen molar-refractivity contribution in [2.75, 3.05) is 12.9 Å². The van der Waals surface area contributed by atoms with Gasteiger partial charge in [-0.2, -0.15) is 0 Å². The van der Waals surface area contributed by atoms with Gasteiger partial charge < -0.3 is 10.1 Å². The number of methoxy groups -OCH3 is 1. The van der Waals surface area contributed by atoms with Gasteiger partial charge >= 0.3 is 5.97 Å². The van der Waals surface area contributed by atoms with Crippen LogP contribution in [0, 0.1) is 0 Å². The molecule has 5 heteroatoms. The van der Waals surface area contributed by atoms with Crippen LogP contribution in [0.3, 0.4) is 0 Å². The second kappa shape index (κ2) is 12.9. The fourth-order valence-corrected chi connectivity index (χ4v) is 6.00. The number of benzene rings is 4. The van der Waals surface area contributed by atoms with Crippen LogP contribution in [-0.2, 0) is 25.5 Å². The topological polar surface area (TPSA) is 55.4 Å². The summed E-state index contributed by atoms with van der Waals surface area (Å²) in [6.07, 6.45) is 0.902. The highest BCUT2D eigenvalue weighted by Crippen LogP contribution is 2.48. The molecule has 0 aromatic heterocycles. The first-order chi connectivity index (χ1) is 18.1. The highest BCUT2D eigenvalue weighted by atomic mass is 32.2. The van der Waals surface area contributed by atoms with Crippen molar-refractivity contribution < 1.29 is 14.3 Å². The average molecular weight is 510 g/mol. The molecule has 0 unspecified atom stereocenters. The van der Waals surface area contributed by atoms with E-state index in [-0.39, 0.29) is 5.91 Å². The Morgan fingerprint density at radius 1 is 0.730 bits per heavy atom. The van der Waals surface area contributed by atoms with Crippen LogP contribution in [-0.4, -0.2) is 30.8 Å². The summed E-state index contributed by atoms with van der Waals surface area (Å²) in [7, 11) is 1.36. The van der Waals surface area contributed by atoms with Crippen molar-refractivity contribution in [2.45, 2.75) is 23.6 Å². The molecule has 4 aromatic carbocycles. The summed E-state index contributed by atoms with van der Waals surface area (Å²) in [4.78, 5) is 25.7. The van der Waals surface area contributed by atoms with Crippen LogP contribution in [0.2, 0.25) is 0 Å². The Morgan fingerprint density at radius 2 is 1.16 bits per heavy atom. The fourth-order valence-electron chi connectivity index (χ4n) is 4.46. The van der Waals surface area contributed by atoms with Gasteiger partial charge in [0, 0.05) is 12.2 Å². The van der Waals surface area contributed by atoms with Crippen LogP contribution in [0.4, 0.5) is 0 Å². The number of amides is 1. The van der Waals surface area contributed by atoms with Gasteiger partial charge in [0.25, 0.3) is 0 Å². The van der Waals surface area contributed by atoms with Gasteiger partial charge in [0.05, 0.1) is 11.9 Å². The van der Waals surface area contributed by atoms with Crippen molar-refractivity contribution in [2.24, 2.45) is 0 Å². The van der Waals surface area contributed by atoms with Gasteiger partial charge in [0.2, 0.25) is 5.91 Å². The van der Waals surface area contributed by atoms with Crippen molar-refractivity contribution in [1.29, 1.82) is 0 Å². The molecular weight excluding hydrogens is 478 g/mol. The first kappa shape index (κ1) is 26.2. The lowest BCUT2D eigenvalue weighted by Crippen LogP contribution is -2.44. The molecule has 0 radical (unpaired) electrons. The Balaban J connectivity index is 1.63. The van der Waals surface area contributed by atoms with Gasteiger partial charge in [0.15, 0.2) is 0 Å². The minimum absolute atomic E-state index is 0.176. The monoisotopic (exact) mass is 509 g/mol. The third-order valence-corrected chi connectivity index (χ3v) is 7.95. The second-order valence-corrected chi connectivity index (χ2v) is 9.95. The first-order valence-electron chi connectivity index (χ1n) is 12.3. The molecule has 0 spiro atoms. The van der Waals surface area contributed by atoms with E-state index in [2.05, 4.69) is 41.7 Å². The van der Waals surface area contributed by atoms with Crippen LogP contribution in [0.25, 0.3) is 0 Å². The van der Waals surface area contributed by atoms with Crippen molar-refractivity contribution >= 4 is 23.6 Å². The molecule has 0 heterocycles. The standard InChI is InChI=1S/C32H31NO3S/c1-36-31(35)29(33-30(34)23-22-25-14-6-2-7-15-25)24-37-32(26-16-8-3-9-17-26,27-18-10-4-11-19-27)28-20-12-5-13-21-28/h2-21,29H,22-24H2,1H3,(H,33,34)/t29-/m0/s1. The maximum atomic E-state index is 12.9. The molecule has 4 nitrogen and oxygen atoms in total. The number of nitrogens with one attached hydrogen (secondary N) is 1. The molecule has 0 saturated carbocycles. The number of esters is 1. The number of carbonyl (C=O) groups is 2. The highest BCUT2D eigenvalue weighted by molar-refractivity contribution is 8.00. The average Bonchev–Trinajstić information content (AvgIpc) is 2.97. The Bertz CT molecular complexity index is 1170. The van der Waals surface area contributed by atoms with E-state index in [0.29, 0.717) is 18.6 Å². The van der Waals surface area contributed by atoms with Gasteiger partial charge in [-0.25, -0.2) is 4.79 Å². The normalized spacial score (nSPS) is 11.9. The number of thioether (sulfide) groups is 1. The van der Waals surface area contributed by atoms with E-state index in [0.717, 1.165) is 22.3 Å². The van der Waals surface area contributed by atoms with Gasteiger partial charge in [-0.3, -0.25) is 4.79 Å². The Labute approximate surface area is 223 Å². The molecule has 4 rings (SSSR count). The second-order valence-electron chi connectivity index (χ2n) is 8.72. The SMILES string of the molecule is COC(=O)[C@H](CSC(c1ccccc1)(c1ccccc1)c1ccccc1)NC(=O)CCc1ccccc1. The summed E-state index contributed by atoms with van der Waals surface area (Å²) in [5.74, 6) is -0.296. The lowest BCUT2D eigenvalue weighted by atomic mass is 9.84. The van der Waals surface area contributed by atoms with Crippen molar-refractivity contribution in [3.8, 4) is 0 Å². The van der Waals surface area contributed by atoms with Crippen LogP contribution in [0.5, 0.6) is 0 Å². The maximum absolute atomic E-state index is 12.9. The largest absolute Gasteiger partial charge is 0.467 e. The van der Waals surface area contributed by atoms with Crippen molar-refractivity contribution in [3.63, 3.8) is 0 Å². The summed E-state index contributed by atoms with van der Waals surface area (Å²) in [5, 5.41) is 2.93. The number of hydrogen-bond donors (Lipinski definition) is 1.